The van der Waals surface area contributed by atoms with Crippen LogP contribution in [0.15, 0.2) is 84.5 Å². The van der Waals surface area contributed by atoms with Crippen LogP contribution in [0, 0.1) is 28.1 Å². The lowest BCUT2D eigenvalue weighted by Crippen LogP contribution is -2.70. The highest BCUT2D eigenvalue weighted by Crippen LogP contribution is 2.72. The fourth-order valence-electron chi connectivity index (χ4n) is 11.9. The summed E-state index contributed by atoms with van der Waals surface area (Å²) in [6.07, 6.45) is 1.50. The van der Waals surface area contributed by atoms with Gasteiger partial charge >= 0.3 is 19.9 Å². The molecule has 12 atom stereocenters. The second-order valence-corrected chi connectivity index (χ2v) is 20.7. The van der Waals surface area contributed by atoms with Gasteiger partial charge in [0.25, 0.3) is 0 Å². The number of phosphoric acid groups is 1. The molecule has 2 aromatic rings. The Hall–Kier alpha value is -4.94. The molecule has 6 aliphatic rings. The second-order valence-electron chi connectivity index (χ2n) is 19.4. The number of carboxylic acids is 1. The quantitative estimate of drug-likeness (QED) is 0.101. The minimum atomic E-state index is -5.15. The van der Waals surface area contributed by atoms with Crippen molar-refractivity contribution >= 4 is 43.0 Å². The first-order valence-corrected chi connectivity index (χ1v) is 23.9. The zero-order valence-electron chi connectivity index (χ0n) is 37.2. The third kappa shape index (κ3) is 8.75. The van der Waals surface area contributed by atoms with Crippen LogP contribution in [-0.4, -0.2) is 98.4 Å². The number of aliphatic hydroxyl groups excluding tert-OH is 1. The Labute approximate surface area is 385 Å². The van der Waals surface area contributed by atoms with Crippen LogP contribution in [0.4, 0.5) is 19.3 Å². The molecular formula is C48H55F2N2O14P. The SMILES string of the molecule is C[C@@]1(C(=O)NCC(=O)O)CC/C=C/[C@H](OC(=O)Nc2cccc(Cc3ccc([C@@H]4O[C@@H]5C[C@H]6[C@@H]7C[C@H](F)C8=CC(=O)C=C[C@]8(C)[C@@]7(F)[C@@H](O)C[C@]6(C)[C@]5(C(=O)COP(=O)(O)O)O4)cc3)c2)CC1. The van der Waals surface area contributed by atoms with Gasteiger partial charge < -0.3 is 39.5 Å². The molecule has 0 radical (unpaired) electrons. The molecule has 0 spiro atoms. The number of rotatable bonds is 12. The predicted octanol–water partition coefficient (Wildman–Crippen LogP) is 6.29. The summed E-state index contributed by atoms with van der Waals surface area (Å²) in [5, 5.41) is 26.1. The number of carbonyl (C=O) groups excluding carboxylic acids is 4. The molecule has 4 fully saturated rings. The number of phosphoric ester groups is 1. The third-order valence-corrected chi connectivity index (χ3v) is 15.8. The van der Waals surface area contributed by atoms with Gasteiger partial charge in [0.1, 0.15) is 25.4 Å². The van der Waals surface area contributed by atoms with Crippen LogP contribution in [0.2, 0.25) is 0 Å². The maximum atomic E-state index is 17.9. The normalized spacial score (nSPS) is 37.0. The van der Waals surface area contributed by atoms with E-state index in [1.807, 2.05) is 24.3 Å². The van der Waals surface area contributed by atoms with E-state index in [1.165, 1.54) is 19.1 Å². The first-order chi connectivity index (χ1) is 31.5. The number of hydrogen-bond acceptors (Lipinski definition) is 11. The summed E-state index contributed by atoms with van der Waals surface area (Å²) in [5.41, 5.74) is -5.82. The molecule has 16 nitrogen and oxygen atoms in total. The summed E-state index contributed by atoms with van der Waals surface area (Å²) in [4.78, 5) is 82.5. The molecule has 2 amide bonds. The second kappa shape index (κ2) is 17.9. The Balaban J connectivity index is 0.954. The van der Waals surface area contributed by atoms with Gasteiger partial charge in [-0.25, -0.2) is 18.1 Å². The number of aliphatic hydroxyl groups is 1. The molecular weight excluding hydrogens is 897 g/mol. The number of carbonyl (C=O) groups is 5. The molecule has 2 aromatic carbocycles. The molecule has 8 rings (SSSR count). The molecule has 0 bridgehead atoms. The summed E-state index contributed by atoms with van der Waals surface area (Å²) in [5.74, 6) is -4.87. The Kier molecular flexibility index (Phi) is 12.9. The van der Waals surface area contributed by atoms with Gasteiger partial charge in [-0.15, -0.1) is 0 Å². The van der Waals surface area contributed by atoms with Crippen LogP contribution in [0.3, 0.4) is 0 Å². The van der Waals surface area contributed by atoms with E-state index in [4.69, 9.17) is 19.3 Å². The molecule has 360 valence electrons. The van der Waals surface area contributed by atoms with Gasteiger partial charge in [-0.1, -0.05) is 62.4 Å². The maximum Gasteiger partial charge on any atom is 0.470 e. The molecule has 5 aliphatic carbocycles. The highest BCUT2D eigenvalue weighted by atomic mass is 31.2. The molecule has 6 N–H and O–H groups in total. The van der Waals surface area contributed by atoms with Gasteiger partial charge in [0.2, 0.25) is 5.91 Å². The number of nitrogens with one attached hydrogen (secondary N) is 2. The number of ketones is 2. The molecule has 1 heterocycles. The minimum absolute atomic E-state index is 0.0100. The summed E-state index contributed by atoms with van der Waals surface area (Å²) in [7, 11) is -5.15. The van der Waals surface area contributed by atoms with E-state index in [0.717, 1.165) is 17.2 Å². The highest BCUT2D eigenvalue weighted by molar-refractivity contribution is 7.46. The van der Waals surface area contributed by atoms with Gasteiger partial charge in [0.05, 0.1) is 12.2 Å². The van der Waals surface area contributed by atoms with Crippen LogP contribution in [0.25, 0.3) is 0 Å². The van der Waals surface area contributed by atoms with Crippen molar-refractivity contribution in [1.82, 2.24) is 5.32 Å². The Morgan fingerprint density at radius 3 is 2.46 bits per heavy atom. The van der Waals surface area contributed by atoms with E-state index in [1.54, 1.807) is 50.3 Å². The van der Waals surface area contributed by atoms with E-state index in [0.29, 0.717) is 43.4 Å². The smallest absolute Gasteiger partial charge is 0.470 e. The fraction of sp³-hybridized carbons (Fsp3) is 0.521. The van der Waals surface area contributed by atoms with Crippen molar-refractivity contribution in [1.29, 1.82) is 0 Å². The number of benzene rings is 2. The third-order valence-electron chi connectivity index (χ3n) is 15.4. The van der Waals surface area contributed by atoms with Crippen molar-refractivity contribution in [3.05, 3.63) is 101 Å². The number of alkyl halides is 2. The first kappa shape index (κ1) is 48.5. The zero-order chi connectivity index (χ0) is 48.3. The summed E-state index contributed by atoms with van der Waals surface area (Å²) >= 11 is 0. The molecule has 0 unspecified atom stereocenters. The maximum absolute atomic E-state index is 17.9. The number of halogens is 2. The number of hydrogen-bond donors (Lipinski definition) is 6. The van der Waals surface area contributed by atoms with Gasteiger partial charge in [0.15, 0.2) is 29.1 Å². The number of ether oxygens (including phenoxy) is 3. The average molecular weight is 953 g/mol. The topological polar surface area (TPSA) is 244 Å². The molecule has 1 saturated heterocycles. The number of amides is 2. The van der Waals surface area contributed by atoms with Crippen LogP contribution < -0.4 is 10.6 Å². The van der Waals surface area contributed by atoms with Crippen molar-refractivity contribution in [2.24, 2.45) is 28.1 Å². The summed E-state index contributed by atoms with van der Waals surface area (Å²) in [6, 6.07) is 14.2. The fourth-order valence-corrected chi connectivity index (χ4v) is 12.2. The molecule has 0 aromatic heterocycles. The minimum Gasteiger partial charge on any atom is -0.480 e. The van der Waals surface area contributed by atoms with E-state index >= 15 is 8.78 Å². The van der Waals surface area contributed by atoms with Crippen LogP contribution in [-0.2, 0) is 48.9 Å². The Bertz CT molecular complexity index is 2480. The number of carboxylic acid groups (broad SMARTS) is 1. The lowest BCUT2D eigenvalue weighted by molar-refractivity contribution is -0.235. The van der Waals surface area contributed by atoms with Crippen LogP contribution >= 0.6 is 7.82 Å². The standard InChI is InChI=1S/C48H55F2N2O14P/c1-44(42(58)51-25-40(56)57)16-5-4-9-32(15-17-44)64-43(59)52-30-8-6-7-28(20-30)19-27-10-12-29(13-11-27)41-65-39-23-33-34-22-36(49)35-21-31(53)14-18-45(35,2)47(34,50)37(54)24-46(33,3)48(39,66-41)38(55)26-63-67(60,61)62/h4,6-14,18,20-21,32-34,36-37,39,41,54H,5,15-17,19,22-26H2,1-3H3,(H,51,58)(H,52,59)(H,56,57)(H2,60,61,62)/b9-4+/t32-,33-,34-,36-,37-,39+,41+,44+,45-,46-,47-,48+/m0/s1. The number of Topliss-reactive ketones (excluding diaryl/α,β-unsaturated/α-hetero) is 1. The highest BCUT2D eigenvalue weighted by Gasteiger charge is 2.80. The van der Waals surface area contributed by atoms with Crippen LogP contribution in [0.5, 0.6) is 0 Å². The van der Waals surface area contributed by atoms with E-state index < -0.39 is 115 Å². The van der Waals surface area contributed by atoms with Gasteiger partial charge in [0, 0.05) is 33.4 Å². The Morgan fingerprint density at radius 1 is 1.00 bits per heavy atom. The van der Waals surface area contributed by atoms with Crippen molar-refractivity contribution in [3.63, 3.8) is 0 Å². The largest absolute Gasteiger partial charge is 0.480 e. The van der Waals surface area contributed by atoms with E-state index in [2.05, 4.69) is 15.2 Å². The number of allylic oxidation sites excluding steroid dienone is 5. The predicted molar refractivity (Wildman–Crippen MR) is 234 cm³/mol. The summed E-state index contributed by atoms with van der Waals surface area (Å²) in [6.45, 7) is 3.29. The van der Waals surface area contributed by atoms with Crippen molar-refractivity contribution < 1.29 is 76.1 Å². The van der Waals surface area contributed by atoms with Gasteiger partial charge in [-0.3, -0.25) is 29.0 Å². The van der Waals surface area contributed by atoms with E-state index in [-0.39, 0.29) is 30.7 Å². The van der Waals surface area contributed by atoms with Crippen molar-refractivity contribution in [2.75, 3.05) is 18.5 Å². The summed E-state index contributed by atoms with van der Waals surface area (Å²) < 4.78 is 69.3. The molecule has 3 saturated carbocycles. The van der Waals surface area contributed by atoms with Gasteiger partial charge in [-0.05, 0) is 111 Å². The monoisotopic (exact) mass is 952 g/mol. The molecule has 67 heavy (non-hydrogen) atoms. The lowest BCUT2D eigenvalue weighted by Gasteiger charge is -2.63. The molecule has 1 aliphatic heterocycles. The first-order valence-electron chi connectivity index (χ1n) is 22.4. The number of fused-ring (bicyclic) bond motifs is 7. The number of aliphatic carboxylic acids is 1. The lowest BCUT2D eigenvalue weighted by atomic mass is 9.44. The zero-order valence-corrected chi connectivity index (χ0v) is 38.1. The van der Waals surface area contributed by atoms with E-state index in [9.17, 15) is 43.4 Å². The molecule has 19 heteroatoms. The van der Waals surface area contributed by atoms with Crippen LogP contribution in [0.1, 0.15) is 88.7 Å². The van der Waals surface area contributed by atoms with Gasteiger partial charge in [-0.2, -0.15) is 0 Å². The van der Waals surface area contributed by atoms with Crippen molar-refractivity contribution in [3.8, 4) is 0 Å². The van der Waals surface area contributed by atoms with Crippen molar-refractivity contribution in [2.45, 2.75) is 114 Å². The average Bonchev–Trinajstić information content (AvgIpc) is 3.76. The number of anilines is 1. The Morgan fingerprint density at radius 2 is 1.75 bits per heavy atom.